The molecule has 1 atom stereocenters. The number of rotatable bonds is 13. The lowest BCUT2D eigenvalue weighted by Gasteiger charge is -2.36. The molecule has 0 aromatic heterocycles. The molecule has 8 heteroatoms. The molecule has 36 heavy (non-hydrogen) atoms. The first kappa shape index (κ1) is 29.5. The second-order valence-corrected chi connectivity index (χ2v) is 9.21. The number of piperazine rings is 1. The van der Waals surface area contributed by atoms with Gasteiger partial charge in [0.2, 0.25) is 12.3 Å². The Morgan fingerprint density at radius 1 is 0.944 bits per heavy atom. The lowest BCUT2D eigenvalue weighted by molar-refractivity contribution is -0.128. The number of unbranched alkanes of at least 4 members (excludes halogenated alkanes) is 5. The van der Waals surface area contributed by atoms with Crippen molar-refractivity contribution in [2.75, 3.05) is 37.6 Å². The van der Waals surface area contributed by atoms with Crippen LogP contribution in [0.15, 0.2) is 18.2 Å². The molecular weight excluding hydrogens is 456 g/mol. The topological polar surface area (TPSA) is 90.0 Å². The molecule has 2 aliphatic rings. The van der Waals surface area contributed by atoms with Crippen LogP contribution in [-0.4, -0.2) is 72.7 Å². The van der Waals surface area contributed by atoms with Gasteiger partial charge in [0.05, 0.1) is 16.8 Å². The van der Waals surface area contributed by atoms with Gasteiger partial charge in [-0.05, 0) is 31.5 Å². The molecule has 1 aromatic carbocycles. The van der Waals surface area contributed by atoms with Gasteiger partial charge in [0.1, 0.15) is 6.04 Å². The Bertz CT molecular complexity index is 880. The minimum absolute atomic E-state index is 0.291. The molecular formula is C28H44N4O4. The van der Waals surface area contributed by atoms with E-state index in [4.69, 9.17) is 0 Å². The Balaban J connectivity index is 0.00000222. The number of hydrogen-bond donors (Lipinski definition) is 1. The molecule has 2 aliphatic heterocycles. The highest BCUT2D eigenvalue weighted by molar-refractivity contribution is 6.25. The van der Waals surface area contributed by atoms with Gasteiger partial charge in [0, 0.05) is 26.2 Å². The second kappa shape index (κ2) is 15.4. The highest BCUT2D eigenvalue weighted by Gasteiger charge is 2.44. The predicted molar refractivity (Wildman–Crippen MR) is 143 cm³/mol. The van der Waals surface area contributed by atoms with Crippen molar-refractivity contribution in [2.45, 2.75) is 85.1 Å². The number of hydrogen-bond acceptors (Lipinski definition) is 6. The van der Waals surface area contributed by atoms with E-state index in [9.17, 15) is 19.2 Å². The molecule has 0 saturated carbocycles. The first-order chi connectivity index (χ1) is 17.5. The summed E-state index contributed by atoms with van der Waals surface area (Å²) < 4.78 is 0. The highest BCUT2D eigenvalue weighted by Crippen LogP contribution is 2.34. The quantitative estimate of drug-likeness (QED) is 0.248. The number of nitrogens with one attached hydrogen (secondary N) is 1. The van der Waals surface area contributed by atoms with Crippen molar-refractivity contribution in [3.05, 3.63) is 29.3 Å². The summed E-state index contributed by atoms with van der Waals surface area (Å²) in [4.78, 5) is 55.5. The van der Waals surface area contributed by atoms with Crippen molar-refractivity contribution >= 4 is 29.8 Å². The van der Waals surface area contributed by atoms with Gasteiger partial charge in [-0.2, -0.15) is 0 Å². The van der Waals surface area contributed by atoms with Crippen molar-refractivity contribution in [3.63, 3.8) is 0 Å². The number of anilines is 1. The van der Waals surface area contributed by atoms with Crippen LogP contribution >= 0.6 is 0 Å². The third kappa shape index (κ3) is 7.15. The molecule has 1 saturated heterocycles. The fourth-order valence-corrected chi connectivity index (χ4v) is 4.97. The van der Waals surface area contributed by atoms with Crippen molar-refractivity contribution in [1.82, 2.24) is 15.1 Å². The fourth-order valence-electron chi connectivity index (χ4n) is 4.97. The van der Waals surface area contributed by atoms with E-state index in [2.05, 4.69) is 22.0 Å². The molecule has 200 valence electrons. The van der Waals surface area contributed by atoms with Crippen LogP contribution in [-0.2, 0) is 9.59 Å². The minimum Gasteiger partial charge on any atom is -0.368 e. The Morgan fingerprint density at radius 2 is 1.61 bits per heavy atom. The molecule has 0 aliphatic carbocycles. The lowest BCUT2D eigenvalue weighted by Crippen LogP contribution is -2.49. The minimum atomic E-state index is -0.996. The van der Waals surface area contributed by atoms with Crippen LogP contribution in [0.2, 0.25) is 0 Å². The summed E-state index contributed by atoms with van der Waals surface area (Å²) in [7, 11) is 0. The Hall–Kier alpha value is -2.74. The van der Waals surface area contributed by atoms with E-state index in [1.54, 1.807) is 12.1 Å². The third-order valence-electron chi connectivity index (χ3n) is 6.84. The zero-order valence-corrected chi connectivity index (χ0v) is 22.6. The molecule has 4 amide bonds. The fraction of sp³-hybridized carbons (Fsp3) is 0.643. The molecule has 0 bridgehead atoms. The molecule has 8 nitrogen and oxygen atoms in total. The Morgan fingerprint density at radius 3 is 2.25 bits per heavy atom. The van der Waals surface area contributed by atoms with Crippen LogP contribution in [0.5, 0.6) is 0 Å². The smallest absolute Gasteiger partial charge is 0.264 e. The maximum Gasteiger partial charge on any atom is 0.264 e. The summed E-state index contributed by atoms with van der Waals surface area (Å²) in [6.45, 7) is 12.6. The third-order valence-corrected chi connectivity index (χ3v) is 6.84. The molecule has 2 heterocycles. The average molecular weight is 501 g/mol. The standard InChI is InChI=1S/C26H38N4O4.C2H6/c1-3-5-6-7-8-9-14-28-15-17-29(18-16-28)21-13-10-12-20-23(21)26(34)30(25(20)33)22(11-4-2)24(32)27-19-31;1-2/h10,12-13,19,22H,3-9,11,14-18H2,1-2H3,(H,27,31,32);1-2H3. The van der Waals surface area contributed by atoms with Gasteiger partial charge in [-0.3, -0.25) is 34.3 Å². The second-order valence-electron chi connectivity index (χ2n) is 9.21. The number of carbonyl (C=O) groups is 4. The first-order valence-electron chi connectivity index (χ1n) is 13.8. The monoisotopic (exact) mass is 500 g/mol. The summed E-state index contributed by atoms with van der Waals surface area (Å²) in [5.41, 5.74) is 1.46. The summed E-state index contributed by atoms with van der Waals surface area (Å²) in [6, 6.07) is 4.34. The van der Waals surface area contributed by atoms with E-state index in [1.807, 2.05) is 26.8 Å². The van der Waals surface area contributed by atoms with Gasteiger partial charge >= 0.3 is 0 Å². The zero-order valence-electron chi connectivity index (χ0n) is 22.6. The molecule has 3 rings (SSSR count). The average Bonchev–Trinajstić information content (AvgIpc) is 3.16. The van der Waals surface area contributed by atoms with Gasteiger partial charge in [-0.1, -0.05) is 72.3 Å². The number of imide groups is 2. The van der Waals surface area contributed by atoms with Gasteiger partial charge in [0.15, 0.2) is 0 Å². The van der Waals surface area contributed by atoms with Crippen LogP contribution in [0, 0.1) is 0 Å². The largest absolute Gasteiger partial charge is 0.368 e. The molecule has 1 N–H and O–H groups in total. The SMILES string of the molecule is CC.CCCCCCCCN1CCN(c2cccc3c2C(=O)N(C(CCC)C(=O)NC=O)C3=O)CC1. The maximum absolute atomic E-state index is 13.4. The normalized spacial score (nSPS) is 16.3. The summed E-state index contributed by atoms with van der Waals surface area (Å²) in [5, 5.41) is 2.11. The van der Waals surface area contributed by atoms with E-state index in [-0.39, 0.29) is 0 Å². The highest BCUT2D eigenvalue weighted by atomic mass is 16.2. The van der Waals surface area contributed by atoms with Crippen LogP contribution < -0.4 is 10.2 Å². The van der Waals surface area contributed by atoms with Crippen LogP contribution in [0.3, 0.4) is 0 Å². The first-order valence-corrected chi connectivity index (χ1v) is 13.8. The number of fused-ring (bicyclic) bond motifs is 1. The summed E-state index contributed by atoms with van der Waals surface area (Å²) >= 11 is 0. The molecule has 1 aromatic rings. The van der Waals surface area contributed by atoms with E-state index < -0.39 is 23.8 Å². The Kier molecular flexibility index (Phi) is 12.6. The predicted octanol–water partition coefficient (Wildman–Crippen LogP) is 4.23. The molecule has 0 radical (unpaired) electrons. The number of nitrogens with zero attached hydrogens (tertiary/aromatic N) is 3. The molecule has 1 fully saturated rings. The van der Waals surface area contributed by atoms with E-state index in [0.717, 1.165) is 43.3 Å². The van der Waals surface area contributed by atoms with Gasteiger partial charge in [-0.25, -0.2) is 0 Å². The zero-order chi connectivity index (χ0) is 26.5. The van der Waals surface area contributed by atoms with Crippen LogP contribution in [0.25, 0.3) is 0 Å². The number of carbonyl (C=O) groups excluding carboxylic acids is 4. The number of amides is 4. The van der Waals surface area contributed by atoms with E-state index >= 15 is 0 Å². The maximum atomic E-state index is 13.4. The van der Waals surface area contributed by atoms with Gasteiger partial charge in [0.25, 0.3) is 11.8 Å². The van der Waals surface area contributed by atoms with Crippen molar-refractivity contribution in [2.24, 2.45) is 0 Å². The van der Waals surface area contributed by atoms with E-state index in [0.29, 0.717) is 30.4 Å². The van der Waals surface area contributed by atoms with Crippen molar-refractivity contribution in [1.29, 1.82) is 0 Å². The summed E-state index contributed by atoms with van der Waals surface area (Å²) in [5.74, 6) is -1.55. The van der Waals surface area contributed by atoms with Crippen molar-refractivity contribution < 1.29 is 19.2 Å². The number of benzene rings is 1. The van der Waals surface area contributed by atoms with E-state index in [1.165, 1.54) is 38.5 Å². The Labute approximate surface area is 216 Å². The molecule has 1 unspecified atom stereocenters. The molecule has 0 spiro atoms. The lowest BCUT2D eigenvalue weighted by atomic mass is 10.1. The van der Waals surface area contributed by atoms with Crippen molar-refractivity contribution in [3.8, 4) is 0 Å². The van der Waals surface area contributed by atoms with Crippen LogP contribution in [0.4, 0.5) is 5.69 Å². The van der Waals surface area contributed by atoms with Crippen LogP contribution in [0.1, 0.15) is 99.8 Å². The summed E-state index contributed by atoms with van der Waals surface area (Å²) in [6.07, 6.45) is 8.89. The van der Waals surface area contributed by atoms with Gasteiger partial charge in [-0.15, -0.1) is 0 Å². The van der Waals surface area contributed by atoms with Gasteiger partial charge < -0.3 is 4.90 Å².